The van der Waals surface area contributed by atoms with Gasteiger partial charge in [-0.15, -0.1) is 11.3 Å². The van der Waals surface area contributed by atoms with Crippen molar-refractivity contribution in [1.29, 1.82) is 0 Å². The van der Waals surface area contributed by atoms with Gasteiger partial charge in [-0.3, -0.25) is 4.79 Å². The van der Waals surface area contributed by atoms with Crippen LogP contribution >= 0.6 is 22.9 Å². The van der Waals surface area contributed by atoms with E-state index in [0.717, 1.165) is 11.3 Å². The van der Waals surface area contributed by atoms with E-state index in [4.69, 9.17) is 16.7 Å². The van der Waals surface area contributed by atoms with Crippen LogP contribution in [0.15, 0.2) is 17.5 Å². The maximum Gasteiger partial charge on any atom is 0.348 e. The number of carbonyl (C=O) groups is 2. The Kier molecular flexibility index (Phi) is 4.59. The van der Waals surface area contributed by atoms with Crippen molar-refractivity contribution < 1.29 is 14.7 Å². The van der Waals surface area contributed by atoms with Crippen LogP contribution in [0.4, 0.5) is 5.69 Å². The highest BCUT2D eigenvalue weighted by Crippen LogP contribution is 2.28. The Hall–Kier alpha value is -1.92. The Bertz CT molecular complexity index is 712. The molecule has 0 aliphatic rings. The van der Waals surface area contributed by atoms with Gasteiger partial charge in [0, 0.05) is 11.3 Å². The Morgan fingerprint density at radius 3 is 2.76 bits per heavy atom. The summed E-state index contributed by atoms with van der Waals surface area (Å²) in [5.41, 5.74) is 2.09. The summed E-state index contributed by atoms with van der Waals surface area (Å²) in [5.74, 6) is -1.47. The highest BCUT2D eigenvalue weighted by atomic mass is 35.5. The Labute approximate surface area is 130 Å². The number of pyridine rings is 1. The molecule has 2 heterocycles. The number of amides is 1. The molecule has 7 heteroatoms. The van der Waals surface area contributed by atoms with Crippen LogP contribution in [0.2, 0.25) is 5.15 Å². The number of halogens is 1. The van der Waals surface area contributed by atoms with Crippen molar-refractivity contribution in [3.8, 4) is 0 Å². The molecule has 0 saturated carbocycles. The second-order valence-electron chi connectivity index (χ2n) is 4.41. The molecule has 0 aromatic carbocycles. The molecular weight excluding hydrogens is 312 g/mol. The van der Waals surface area contributed by atoms with E-state index in [0.29, 0.717) is 28.9 Å². The molecular formula is C14H13ClN2O3S. The SMILES string of the molecule is CCc1cc(C(=O)Nc2c(C)csc2C(=O)O)cc(Cl)n1. The van der Waals surface area contributed by atoms with Crippen LogP contribution in [0, 0.1) is 6.92 Å². The minimum Gasteiger partial charge on any atom is -0.477 e. The van der Waals surface area contributed by atoms with Crippen molar-refractivity contribution in [3.63, 3.8) is 0 Å². The largest absolute Gasteiger partial charge is 0.477 e. The first-order valence-electron chi connectivity index (χ1n) is 6.21. The number of thiophene rings is 1. The van der Waals surface area contributed by atoms with E-state index < -0.39 is 11.9 Å². The van der Waals surface area contributed by atoms with Crippen molar-refractivity contribution in [2.24, 2.45) is 0 Å². The lowest BCUT2D eigenvalue weighted by Crippen LogP contribution is -2.15. The lowest BCUT2D eigenvalue weighted by atomic mass is 10.2. The van der Waals surface area contributed by atoms with Crippen LogP contribution in [0.1, 0.15) is 38.2 Å². The Morgan fingerprint density at radius 1 is 1.43 bits per heavy atom. The third kappa shape index (κ3) is 3.40. The molecule has 2 aromatic rings. The standard InChI is InChI=1S/C14H13ClN2O3S/c1-3-9-4-8(5-10(15)16-9)13(18)17-11-7(2)6-21-12(11)14(19)20/h4-6H,3H2,1-2H3,(H,17,18)(H,19,20). The number of aromatic carboxylic acids is 1. The third-order valence-electron chi connectivity index (χ3n) is 2.88. The normalized spacial score (nSPS) is 10.4. The average Bonchev–Trinajstić information content (AvgIpc) is 2.79. The predicted octanol–water partition coefficient (Wildman–Crippen LogP) is 3.62. The fourth-order valence-electron chi connectivity index (χ4n) is 1.81. The topological polar surface area (TPSA) is 79.3 Å². The van der Waals surface area contributed by atoms with Crippen molar-refractivity contribution in [3.05, 3.63) is 44.4 Å². The number of hydrogen-bond donors (Lipinski definition) is 2. The van der Waals surface area contributed by atoms with Crippen molar-refractivity contribution in [2.75, 3.05) is 5.32 Å². The fraction of sp³-hybridized carbons (Fsp3) is 0.214. The molecule has 2 rings (SSSR count). The van der Waals surface area contributed by atoms with Gasteiger partial charge in [-0.2, -0.15) is 0 Å². The van der Waals surface area contributed by atoms with Gasteiger partial charge in [0.25, 0.3) is 5.91 Å². The molecule has 21 heavy (non-hydrogen) atoms. The van der Waals surface area contributed by atoms with Crippen LogP contribution < -0.4 is 5.32 Å². The molecule has 0 fully saturated rings. The molecule has 0 spiro atoms. The van der Waals surface area contributed by atoms with Gasteiger partial charge >= 0.3 is 5.97 Å². The van der Waals surface area contributed by atoms with Crippen LogP contribution in [-0.4, -0.2) is 22.0 Å². The minimum atomic E-state index is -1.06. The summed E-state index contributed by atoms with van der Waals surface area (Å²) in [4.78, 5) is 27.6. The predicted molar refractivity (Wildman–Crippen MR) is 82.6 cm³/mol. The Morgan fingerprint density at radius 2 is 2.14 bits per heavy atom. The maximum atomic E-state index is 12.3. The fourth-order valence-corrected chi connectivity index (χ4v) is 2.88. The smallest absolute Gasteiger partial charge is 0.348 e. The Balaban J connectivity index is 2.32. The number of anilines is 1. The van der Waals surface area contributed by atoms with E-state index in [9.17, 15) is 9.59 Å². The van der Waals surface area contributed by atoms with E-state index in [-0.39, 0.29) is 10.0 Å². The molecule has 0 atom stereocenters. The molecule has 0 radical (unpaired) electrons. The van der Waals surface area contributed by atoms with Gasteiger partial charge in [-0.05, 0) is 36.4 Å². The molecule has 2 aromatic heterocycles. The highest BCUT2D eigenvalue weighted by Gasteiger charge is 2.18. The monoisotopic (exact) mass is 324 g/mol. The summed E-state index contributed by atoms with van der Waals surface area (Å²) in [6.07, 6.45) is 0.651. The van der Waals surface area contributed by atoms with Crippen molar-refractivity contribution in [1.82, 2.24) is 4.98 Å². The number of aryl methyl sites for hydroxylation is 2. The lowest BCUT2D eigenvalue weighted by Gasteiger charge is -2.08. The molecule has 5 nitrogen and oxygen atoms in total. The summed E-state index contributed by atoms with van der Waals surface area (Å²) in [5, 5.41) is 13.7. The zero-order valence-corrected chi connectivity index (χ0v) is 13.0. The van der Waals surface area contributed by atoms with Gasteiger partial charge < -0.3 is 10.4 Å². The van der Waals surface area contributed by atoms with E-state index in [1.54, 1.807) is 18.4 Å². The van der Waals surface area contributed by atoms with Gasteiger partial charge in [-0.1, -0.05) is 18.5 Å². The van der Waals surface area contributed by atoms with E-state index in [1.165, 1.54) is 6.07 Å². The molecule has 1 amide bonds. The molecule has 0 aliphatic heterocycles. The van der Waals surface area contributed by atoms with Crippen LogP contribution in [-0.2, 0) is 6.42 Å². The van der Waals surface area contributed by atoms with E-state index >= 15 is 0 Å². The first-order valence-corrected chi connectivity index (χ1v) is 7.47. The third-order valence-corrected chi connectivity index (χ3v) is 4.16. The number of carboxylic acids is 1. The van der Waals surface area contributed by atoms with Crippen LogP contribution in [0.5, 0.6) is 0 Å². The van der Waals surface area contributed by atoms with Gasteiger partial charge in [0.05, 0.1) is 5.69 Å². The summed E-state index contributed by atoms with van der Waals surface area (Å²) in [6.45, 7) is 3.65. The summed E-state index contributed by atoms with van der Waals surface area (Å²) < 4.78 is 0. The summed E-state index contributed by atoms with van der Waals surface area (Å²) in [6, 6.07) is 3.10. The van der Waals surface area contributed by atoms with Gasteiger partial charge in [-0.25, -0.2) is 9.78 Å². The second kappa shape index (κ2) is 6.24. The maximum absolute atomic E-state index is 12.3. The zero-order chi connectivity index (χ0) is 15.6. The average molecular weight is 325 g/mol. The lowest BCUT2D eigenvalue weighted by molar-refractivity contribution is 0.0703. The summed E-state index contributed by atoms with van der Waals surface area (Å²) in [7, 11) is 0. The van der Waals surface area contributed by atoms with Crippen molar-refractivity contribution in [2.45, 2.75) is 20.3 Å². The van der Waals surface area contributed by atoms with Gasteiger partial charge in [0.2, 0.25) is 0 Å². The van der Waals surface area contributed by atoms with E-state index in [1.807, 2.05) is 6.92 Å². The first-order chi connectivity index (χ1) is 9.92. The molecule has 0 aliphatic carbocycles. The van der Waals surface area contributed by atoms with Gasteiger partial charge in [0.1, 0.15) is 10.0 Å². The summed E-state index contributed by atoms with van der Waals surface area (Å²) >= 11 is 6.96. The van der Waals surface area contributed by atoms with E-state index in [2.05, 4.69) is 10.3 Å². The molecule has 0 unspecified atom stereocenters. The molecule has 110 valence electrons. The zero-order valence-electron chi connectivity index (χ0n) is 11.4. The number of carbonyl (C=O) groups excluding carboxylic acids is 1. The molecule has 2 N–H and O–H groups in total. The number of nitrogens with zero attached hydrogens (tertiary/aromatic N) is 1. The van der Waals surface area contributed by atoms with Crippen LogP contribution in [0.3, 0.4) is 0 Å². The number of aromatic nitrogens is 1. The van der Waals surface area contributed by atoms with Crippen LogP contribution in [0.25, 0.3) is 0 Å². The number of nitrogens with one attached hydrogen (secondary N) is 1. The molecule has 0 bridgehead atoms. The minimum absolute atomic E-state index is 0.108. The molecule has 0 saturated heterocycles. The second-order valence-corrected chi connectivity index (χ2v) is 5.67. The number of carboxylic acid groups (broad SMARTS) is 1. The highest BCUT2D eigenvalue weighted by molar-refractivity contribution is 7.12. The quantitative estimate of drug-likeness (QED) is 0.842. The first kappa shape index (κ1) is 15.5. The number of hydrogen-bond acceptors (Lipinski definition) is 4. The van der Waals surface area contributed by atoms with Crippen molar-refractivity contribution >= 4 is 40.5 Å². The number of rotatable bonds is 4. The van der Waals surface area contributed by atoms with Gasteiger partial charge in [0.15, 0.2) is 0 Å².